The van der Waals surface area contributed by atoms with Gasteiger partial charge in [0.05, 0.1) is 30.6 Å². The molecular weight excluding hydrogens is 415 g/mol. The number of imidazole rings is 1. The summed E-state index contributed by atoms with van der Waals surface area (Å²) in [5.74, 6) is -2.50. The van der Waals surface area contributed by atoms with Crippen molar-refractivity contribution in [2.24, 2.45) is 0 Å². The number of rotatable bonds is 7. The van der Waals surface area contributed by atoms with Crippen molar-refractivity contribution >= 4 is 17.4 Å². The largest absolute Gasteiger partial charge is 0.507 e. The number of carbonyl (C=O) groups excluding carboxylic acids is 2. The summed E-state index contributed by atoms with van der Waals surface area (Å²) in [5.41, 5.74) is 0.429. The van der Waals surface area contributed by atoms with Crippen LogP contribution in [0.1, 0.15) is 23.6 Å². The molecule has 1 N–H and O–H groups in total. The number of aromatic nitrogens is 3. The quantitative estimate of drug-likeness (QED) is 0.348. The smallest absolute Gasteiger partial charge is 0.295 e. The number of aliphatic hydroxyl groups excluding tert-OH is 1. The normalized spacial score (nSPS) is 17.7. The molecule has 0 spiro atoms. The summed E-state index contributed by atoms with van der Waals surface area (Å²) in [7, 11) is 1.37. The van der Waals surface area contributed by atoms with Crippen molar-refractivity contribution in [1.29, 1.82) is 0 Å². The predicted octanol–water partition coefficient (Wildman–Crippen LogP) is 2.94. The third kappa shape index (κ3) is 3.96. The maximum absolute atomic E-state index is 13.9. The summed E-state index contributed by atoms with van der Waals surface area (Å²) in [6, 6.07) is 6.15. The van der Waals surface area contributed by atoms with E-state index in [2.05, 4.69) is 9.97 Å². The fraction of sp³-hybridized carbons (Fsp3) is 0.217. The highest BCUT2D eigenvalue weighted by atomic mass is 19.1. The monoisotopic (exact) mass is 436 g/mol. The zero-order valence-corrected chi connectivity index (χ0v) is 17.3. The molecule has 2 aromatic heterocycles. The molecular formula is C23H21FN4O4. The number of likely N-dealkylation sites (tertiary alicyclic amines) is 1. The van der Waals surface area contributed by atoms with E-state index < -0.39 is 29.3 Å². The molecule has 0 bridgehead atoms. The molecule has 0 unspecified atom stereocenters. The number of pyridine rings is 1. The van der Waals surface area contributed by atoms with Crippen molar-refractivity contribution in [3.05, 3.63) is 84.0 Å². The number of hydrogen-bond acceptors (Lipinski definition) is 6. The van der Waals surface area contributed by atoms with E-state index >= 15 is 0 Å². The topological polar surface area (TPSA) is 97.6 Å². The van der Waals surface area contributed by atoms with Crippen LogP contribution in [-0.2, 0) is 16.1 Å². The molecule has 1 fully saturated rings. The molecule has 1 atom stereocenters. The maximum atomic E-state index is 13.9. The van der Waals surface area contributed by atoms with Crippen molar-refractivity contribution in [2.75, 3.05) is 13.7 Å². The van der Waals surface area contributed by atoms with E-state index in [4.69, 9.17) is 4.74 Å². The molecule has 1 aliphatic heterocycles. The van der Waals surface area contributed by atoms with Gasteiger partial charge in [-0.1, -0.05) is 6.07 Å². The Kier molecular flexibility index (Phi) is 5.98. The molecule has 4 rings (SSSR count). The van der Waals surface area contributed by atoms with E-state index in [1.54, 1.807) is 30.9 Å². The lowest BCUT2D eigenvalue weighted by molar-refractivity contribution is -0.139. The number of ether oxygens (including phenoxy) is 1. The Morgan fingerprint density at radius 1 is 1.19 bits per heavy atom. The number of carbonyl (C=O) groups is 2. The average molecular weight is 436 g/mol. The SMILES string of the molecule is COc1ccc(F)cc1/C(O)=C1\C(=O)C(=O)N(CCCn2ccnc2)[C@H]1c1cccnc1. The van der Waals surface area contributed by atoms with Crippen molar-refractivity contribution in [1.82, 2.24) is 19.4 Å². The number of Topliss-reactive ketones (excluding diaryl/α,β-unsaturated/α-hetero) is 1. The molecule has 0 aliphatic carbocycles. The van der Waals surface area contributed by atoms with Crippen LogP contribution in [0.5, 0.6) is 5.75 Å². The van der Waals surface area contributed by atoms with Gasteiger partial charge in [0.25, 0.3) is 11.7 Å². The van der Waals surface area contributed by atoms with E-state index in [9.17, 15) is 19.1 Å². The summed E-state index contributed by atoms with van der Waals surface area (Å²) in [6.45, 7) is 0.861. The fourth-order valence-corrected chi connectivity index (χ4v) is 3.85. The highest BCUT2D eigenvalue weighted by Gasteiger charge is 2.46. The molecule has 0 saturated carbocycles. The summed E-state index contributed by atoms with van der Waals surface area (Å²) >= 11 is 0. The lowest BCUT2D eigenvalue weighted by atomic mass is 9.96. The molecule has 1 aromatic carbocycles. The first-order valence-electron chi connectivity index (χ1n) is 9.99. The minimum Gasteiger partial charge on any atom is -0.507 e. The van der Waals surface area contributed by atoms with E-state index in [0.717, 1.165) is 6.07 Å². The van der Waals surface area contributed by atoms with Crippen LogP contribution in [0.25, 0.3) is 5.76 Å². The van der Waals surface area contributed by atoms with Gasteiger partial charge in [-0.05, 0) is 36.2 Å². The van der Waals surface area contributed by atoms with Crippen molar-refractivity contribution in [3.8, 4) is 5.75 Å². The van der Waals surface area contributed by atoms with Gasteiger partial charge in [-0.2, -0.15) is 0 Å². The molecule has 1 saturated heterocycles. The van der Waals surface area contributed by atoms with Crippen molar-refractivity contribution in [3.63, 3.8) is 0 Å². The molecule has 8 nitrogen and oxygen atoms in total. The standard InChI is InChI=1S/C23H21FN4O4/c1-32-18-6-5-16(24)12-17(18)21(29)19-20(15-4-2-7-25-13-15)28(23(31)22(19)30)10-3-9-27-11-8-26-14-27/h2,4-8,11-14,20,29H,3,9-10H2,1H3/b21-19+/t20-/m0/s1. The Morgan fingerprint density at radius 2 is 2.03 bits per heavy atom. The molecule has 3 aromatic rings. The van der Waals surface area contributed by atoms with Gasteiger partial charge in [0.2, 0.25) is 0 Å². The fourth-order valence-electron chi connectivity index (χ4n) is 3.85. The van der Waals surface area contributed by atoms with Crippen LogP contribution in [0.3, 0.4) is 0 Å². The third-order valence-electron chi connectivity index (χ3n) is 5.33. The number of aryl methyl sites for hydroxylation is 1. The average Bonchev–Trinajstić information content (AvgIpc) is 3.41. The number of benzene rings is 1. The van der Waals surface area contributed by atoms with Gasteiger partial charge < -0.3 is 19.3 Å². The summed E-state index contributed by atoms with van der Waals surface area (Å²) in [4.78, 5) is 35.4. The zero-order chi connectivity index (χ0) is 22.7. The Hall–Kier alpha value is -4.01. The van der Waals surface area contributed by atoms with Crippen LogP contribution in [0.2, 0.25) is 0 Å². The second kappa shape index (κ2) is 9.01. The molecule has 3 heterocycles. The Labute approximate surface area is 183 Å². The number of nitrogens with zero attached hydrogens (tertiary/aromatic N) is 4. The summed E-state index contributed by atoms with van der Waals surface area (Å²) in [6.07, 6.45) is 8.81. The van der Waals surface area contributed by atoms with Crippen LogP contribution in [0.4, 0.5) is 4.39 Å². The number of methoxy groups -OCH3 is 1. The minimum atomic E-state index is -0.862. The minimum absolute atomic E-state index is 0.00203. The number of amides is 1. The molecule has 32 heavy (non-hydrogen) atoms. The summed E-state index contributed by atoms with van der Waals surface area (Å²) < 4.78 is 21.0. The highest BCUT2D eigenvalue weighted by Crippen LogP contribution is 2.40. The molecule has 1 aliphatic rings. The first kappa shape index (κ1) is 21.2. The van der Waals surface area contributed by atoms with Gasteiger partial charge in [-0.15, -0.1) is 0 Å². The van der Waals surface area contributed by atoms with Gasteiger partial charge in [-0.3, -0.25) is 14.6 Å². The van der Waals surface area contributed by atoms with Gasteiger partial charge >= 0.3 is 0 Å². The lowest BCUT2D eigenvalue weighted by Crippen LogP contribution is -2.31. The predicted molar refractivity (Wildman–Crippen MR) is 113 cm³/mol. The van der Waals surface area contributed by atoms with Crippen LogP contribution < -0.4 is 4.74 Å². The number of hydrogen-bond donors (Lipinski definition) is 1. The van der Waals surface area contributed by atoms with E-state index in [-0.39, 0.29) is 23.4 Å². The highest BCUT2D eigenvalue weighted by molar-refractivity contribution is 6.46. The number of halogens is 1. The van der Waals surface area contributed by atoms with Gasteiger partial charge in [0, 0.05) is 37.9 Å². The Balaban J connectivity index is 1.76. The second-order valence-corrected chi connectivity index (χ2v) is 7.28. The second-order valence-electron chi connectivity index (χ2n) is 7.28. The first-order chi connectivity index (χ1) is 15.5. The molecule has 164 valence electrons. The molecule has 0 radical (unpaired) electrons. The van der Waals surface area contributed by atoms with Crippen LogP contribution in [-0.4, -0.2) is 49.9 Å². The Bertz CT molecular complexity index is 1160. The van der Waals surface area contributed by atoms with E-state index in [0.29, 0.717) is 18.5 Å². The van der Waals surface area contributed by atoms with E-state index in [1.807, 2.05) is 10.8 Å². The van der Waals surface area contributed by atoms with E-state index in [1.165, 1.54) is 30.3 Å². The van der Waals surface area contributed by atoms with Crippen LogP contribution >= 0.6 is 0 Å². The van der Waals surface area contributed by atoms with Gasteiger partial charge in [0.1, 0.15) is 17.3 Å². The lowest BCUT2D eigenvalue weighted by Gasteiger charge is -2.25. The zero-order valence-electron chi connectivity index (χ0n) is 17.3. The van der Waals surface area contributed by atoms with Crippen LogP contribution in [0.15, 0.2) is 67.0 Å². The first-order valence-corrected chi connectivity index (χ1v) is 9.99. The maximum Gasteiger partial charge on any atom is 0.295 e. The third-order valence-corrected chi connectivity index (χ3v) is 5.33. The number of aliphatic hydroxyl groups is 1. The van der Waals surface area contributed by atoms with Crippen molar-refractivity contribution in [2.45, 2.75) is 19.0 Å². The van der Waals surface area contributed by atoms with Crippen molar-refractivity contribution < 1.29 is 23.8 Å². The molecule has 9 heteroatoms. The van der Waals surface area contributed by atoms with Gasteiger partial charge in [0.15, 0.2) is 0 Å². The Morgan fingerprint density at radius 3 is 2.72 bits per heavy atom. The summed E-state index contributed by atoms with van der Waals surface area (Å²) in [5, 5.41) is 11.1. The number of ketones is 1. The van der Waals surface area contributed by atoms with Crippen LogP contribution in [0, 0.1) is 5.82 Å². The molecule has 1 amide bonds. The van der Waals surface area contributed by atoms with Gasteiger partial charge in [-0.25, -0.2) is 9.37 Å².